The summed E-state index contributed by atoms with van der Waals surface area (Å²) in [6.45, 7) is 0. The zero-order valence-corrected chi connectivity index (χ0v) is 20.3. The Balaban J connectivity index is 1.69. The zero-order chi connectivity index (χ0) is 25.8. The predicted octanol–water partition coefficient (Wildman–Crippen LogP) is 5.35. The predicted molar refractivity (Wildman–Crippen MR) is 140 cm³/mol. The molecular weight excluding hydrogens is 464 g/mol. The van der Waals surface area contributed by atoms with Crippen molar-refractivity contribution in [3.05, 3.63) is 113 Å². The van der Waals surface area contributed by atoms with Crippen LogP contribution < -0.4 is 0 Å². The van der Waals surface area contributed by atoms with Gasteiger partial charge in [0.2, 0.25) is 5.78 Å². The van der Waals surface area contributed by atoms with Crippen molar-refractivity contribution >= 4 is 29.3 Å². The molecule has 0 spiro atoms. The van der Waals surface area contributed by atoms with Gasteiger partial charge in [0.25, 0.3) is 11.8 Å². The van der Waals surface area contributed by atoms with Gasteiger partial charge < -0.3 is 0 Å². The second-order valence-corrected chi connectivity index (χ2v) is 9.30. The first-order valence-electron chi connectivity index (χ1n) is 12.5. The van der Waals surface area contributed by atoms with Gasteiger partial charge in [0.1, 0.15) is 6.04 Å². The molecule has 1 aliphatic heterocycles. The van der Waals surface area contributed by atoms with Crippen LogP contribution in [0.5, 0.6) is 0 Å². The molecule has 1 atom stereocenters. The van der Waals surface area contributed by atoms with Crippen molar-refractivity contribution in [3.8, 4) is 0 Å². The number of rotatable bonds is 7. The Morgan fingerprint density at radius 2 is 1.24 bits per heavy atom. The minimum absolute atomic E-state index is 0.0259. The van der Waals surface area contributed by atoms with E-state index in [-0.39, 0.29) is 28.3 Å². The summed E-state index contributed by atoms with van der Waals surface area (Å²) < 4.78 is 0. The molecule has 6 heteroatoms. The van der Waals surface area contributed by atoms with Gasteiger partial charge in [-0.2, -0.15) is 0 Å². The first-order chi connectivity index (χ1) is 18.1. The fourth-order valence-electron chi connectivity index (χ4n) is 4.93. The van der Waals surface area contributed by atoms with E-state index in [0.717, 1.165) is 37.0 Å². The van der Waals surface area contributed by atoms with Crippen LogP contribution in [0.25, 0.3) is 0 Å². The van der Waals surface area contributed by atoms with Gasteiger partial charge in [-0.3, -0.25) is 24.1 Å². The standard InChI is InChI=1S/C31H26N2O4/c34-28(21-12-4-1-5-13-21)26(20-32-23-16-8-3-9-17-23)27(29(35)22-14-6-2-7-15-22)33-30(36)24-18-10-11-19-25(24)31(33)37/h1-2,4-7,10-15,18-19,23,27H,3,8-9,16-17H2. The van der Waals surface area contributed by atoms with Crippen LogP contribution in [0.2, 0.25) is 0 Å². The van der Waals surface area contributed by atoms with Crippen LogP contribution in [0.4, 0.5) is 0 Å². The third-order valence-corrected chi connectivity index (χ3v) is 6.89. The molecule has 0 bridgehead atoms. The highest BCUT2D eigenvalue weighted by Crippen LogP contribution is 2.30. The zero-order valence-electron chi connectivity index (χ0n) is 20.3. The molecule has 5 rings (SSSR count). The largest absolute Gasteiger partial charge is 0.291 e. The molecule has 3 aromatic carbocycles. The molecule has 2 amide bonds. The van der Waals surface area contributed by atoms with Crippen LogP contribution in [0, 0.1) is 0 Å². The summed E-state index contributed by atoms with van der Waals surface area (Å²) >= 11 is 0. The number of carbonyl (C=O) groups is 4. The van der Waals surface area contributed by atoms with E-state index in [1.54, 1.807) is 84.9 Å². The van der Waals surface area contributed by atoms with Gasteiger partial charge in [0.15, 0.2) is 5.78 Å². The van der Waals surface area contributed by atoms with Crippen LogP contribution >= 0.6 is 0 Å². The van der Waals surface area contributed by atoms with E-state index < -0.39 is 29.4 Å². The van der Waals surface area contributed by atoms with E-state index in [1.807, 2.05) is 0 Å². The second-order valence-electron chi connectivity index (χ2n) is 9.30. The number of carbonyl (C=O) groups excluding carboxylic acids is 4. The van der Waals surface area contributed by atoms with Crippen molar-refractivity contribution in [2.24, 2.45) is 4.99 Å². The van der Waals surface area contributed by atoms with Crippen LogP contribution in [0.15, 0.2) is 95.5 Å². The monoisotopic (exact) mass is 490 g/mol. The number of fused-ring (bicyclic) bond motifs is 1. The van der Waals surface area contributed by atoms with Crippen LogP contribution in [0.1, 0.15) is 73.5 Å². The van der Waals surface area contributed by atoms with Crippen molar-refractivity contribution in [1.82, 2.24) is 4.90 Å². The number of ketones is 2. The summed E-state index contributed by atoms with van der Waals surface area (Å²) in [6.07, 6.45) is 4.93. The minimum Gasteiger partial charge on any atom is -0.291 e. The molecule has 0 N–H and O–H groups in total. The number of nitrogens with zero attached hydrogens (tertiary/aromatic N) is 2. The Bertz CT molecular complexity index is 1380. The van der Waals surface area contributed by atoms with Crippen molar-refractivity contribution < 1.29 is 19.2 Å². The Hall–Kier alpha value is -4.41. The molecule has 2 aliphatic rings. The highest BCUT2D eigenvalue weighted by atomic mass is 16.2. The minimum atomic E-state index is -1.50. The molecule has 37 heavy (non-hydrogen) atoms. The molecule has 0 aromatic heterocycles. The lowest BCUT2D eigenvalue weighted by Crippen LogP contribution is -2.48. The average molecular weight is 491 g/mol. The number of benzene rings is 3. The fraction of sp³-hybridized carbons (Fsp3) is 0.226. The summed E-state index contributed by atoms with van der Waals surface area (Å²) in [5.41, 5.74) is 0.900. The van der Waals surface area contributed by atoms with E-state index in [2.05, 4.69) is 10.9 Å². The maximum absolute atomic E-state index is 14.0. The molecule has 0 saturated heterocycles. The first-order valence-corrected chi connectivity index (χ1v) is 12.5. The highest BCUT2D eigenvalue weighted by molar-refractivity contribution is 6.27. The smallest absolute Gasteiger partial charge is 0.262 e. The van der Waals surface area contributed by atoms with Crippen LogP contribution in [0.3, 0.4) is 0 Å². The second kappa shape index (κ2) is 10.7. The lowest BCUT2D eigenvalue weighted by atomic mass is 9.91. The van der Waals surface area contributed by atoms with Crippen LogP contribution in [-0.4, -0.2) is 46.2 Å². The van der Waals surface area contributed by atoms with Gasteiger partial charge in [-0.15, -0.1) is 0 Å². The summed E-state index contributed by atoms with van der Waals surface area (Å²) in [4.78, 5) is 60.4. The maximum Gasteiger partial charge on any atom is 0.262 e. The van der Waals surface area contributed by atoms with Gasteiger partial charge in [0, 0.05) is 11.1 Å². The van der Waals surface area contributed by atoms with E-state index in [9.17, 15) is 19.2 Å². The molecule has 184 valence electrons. The molecule has 1 aliphatic carbocycles. The Labute approximate surface area is 215 Å². The summed E-state index contributed by atoms with van der Waals surface area (Å²) in [7, 11) is 0. The van der Waals surface area contributed by atoms with E-state index >= 15 is 0 Å². The number of hydrogen-bond acceptors (Lipinski definition) is 5. The van der Waals surface area contributed by atoms with Gasteiger partial charge in [-0.05, 0) is 30.8 Å². The number of imide groups is 1. The molecule has 1 heterocycles. The quantitative estimate of drug-likeness (QED) is 0.194. The lowest BCUT2D eigenvalue weighted by Gasteiger charge is -2.26. The molecule has 1 saturated carbocycles. The van der Waals surface area contributed by atoms with Crippen molar-refractivity contribution in [1.29, 1.82) is 0 Å². The molecule has 1 fully saturated rings. The van der Waals surface area contributed by atoms with Gasteiger partial charge >= 0.3 is 0 Å². The molecule has 6 nitrogen and oxygen atoms in total. The number of amides is 2. The Morgan fingerprint density at radius 3 is 1.81 bits per heavy atom. The van der Waals surface area contributed by atoms with E-state index in [4.69, 9.17) is 0 Å². The van der Waals surface area contributed by atoms with E-state index in [0.29, 0.717) is 5.56 Å². The summed E-state index contributed by atoms with van der Waals surface area (Å²) in [5, 5.41) is 0. The van der Waals surface area contributed by atoms with Crippen molar-refractivity contribution in [3.63, 3.8) is 0 Å². The van der Waals surface area contributed by atoms with Gasteiger partial charge in [-0.1, -0.05) is 92.1 Å². The highest BCUT2D eigenvalue weighted by Gasteiger charge is 2.46. The number of aliphatic imine (C=N–C) groups is 1. The average Bonchev–Trinajstić information content (AvgIpc) is 3.21. The van der Waals surface area contributed by atoms with Crippen LogP contribution in [-0.2, 0) is 0 Å². The summed E-state index contributed by atoms with van der Waals surface area (Å²) in [6, 6.07) is 21.8. The molecular formula is C31H26N2O4. The maximum atomic E-state index is 14.0. The van der Waals surface area contributed by atoms with Gasteiger partial charge in [0.05, 0.1) is 22.7 Å². The number of Topliss-reactive ketones (excluding diaryl/α,β-unsaturated/α-hetero) is 2. The molecule has 1 unspecified atom stereocenters. The molecule has 0 radical (unpaired) electrons. The Morgan fingerprint density at radius 1 is 0.730 bits per heavy atom. The number of hydrogen-bond donors (Lipinski definition) is 0. The lowest BCUT2D eigenvalue weighted by molar-refractivity contribution is 0.0565. The van der Waals surface area contributed by atoms with Gasteiger partial charge in [-0.25, -0.2) is 4.99 Å². The SMILES string of the molecule is O=C(C(=C=NC1CCCCC1)C(C(=O)c1ccccc1)N1C(=O)c2ccccc2C1=O)c1ccccc1. The first kappa shape index (κ1) is 24.3. The Kier molecular flexibility index (Phi) is 7.02. The van der Waals surface area contributed by atoms with E-state index in [1.165, 1.54) is 0 Å². The van der Waals surface area contributed by atoms with Crippen molar-refractivity contribution in [2.75, 3.05) is 0 Å². The third-order valence-electron chi connectivity index (χ3n) is 6.89. The third kappa shape index (κ3) is 4.84. The molecule has 3 aromatic rings. The normalized spacial score (nSPS) is 16.1. The topological polar surface area (TPSA) is 83.9 Å². The summed E-state index contributed by atoms with van der Waals surface area (Å²) in [5.74, 6) is 0.637. The fourth-order valence-corrected chi connectivity index (χ4v) is 4.93. The van der Waals surface area contributed by atoms with Crippen molar-refractivity contribution in [2.45, 2.75) is 44.2 Å².